The molecule has 0 saturated heterocycles. The van der Waals surface area contributed by atoms with Crippen LogP contribution < -0.4 is 9.80 Å². The number of fused-ring (bicyclic) bond motifs is 2. The van der Waals surface area contributed by atoms with E-state index in [4.69, 9.17) is 0 Å². The fourth-order valence-corrected chi connectivity index (χ4v) is 11.8. The molecule has 0 amide bonds. The van der Waals surface area contributed by atoms with Gasteiger partial charge < -0.3 is 9.80 Å². The quantitative estimate of drug-likeness (QED) is 0.0791. The maximum absolute atomic E-state index is 3.66. The van der Waals surface area contributed by atoms with Crippen molar-refractivity contribution < 1.29 is 0 Å². The summed E-state index contributed by atoms with van der Waals surface area (Å²) in [5.74, 6) is 0. The highest BCUT2D eigenvalue weighted by atomic mass is 79.9. The van der Waals surface area contributed by atoms with Crippen LogP contribution in [0.5, 0.6) is 0 Å². The molecule has 0 heterocycles. The van der Waals surface area contributed by atoms with Crippen LogP contribution in [0.3, 0.4) is 0 Å². The number of benzene rings is 11. The third-order valence-corrected chi connectivity index (χ3v) is 17.3. The Morgan fingerprint density at radius 3 is 0.623 bits per heavy atom. The molecule has 0 aliphatic carbocycles. The molecule has 0 bridgehead atoms. The van der Waals surface area contributed by atoms with Gasteiger partial charge in [-0.3, -0.25) is 0 Å². The predicted molar refractivity (Wildman–Crippen MR) is 333 cm³/mol. The van der Waals surface area contributed by atoms with Crippen LogP contribution in [0.15, 0.2) is 265 Å². The lowest BCUT2D eigenvalue weighted by Crippen LogP contribution is -2.20. The molecule has 0 unspecified atom stereocenters. The second-order valence-corrected chi connectivity index (χ2v) is 23.7. The summed E-state index contributed by atoms with van der Waals surface area (Å²) in [6.45, 7) is 18.6. The lowest BCUT2D eigenvalue weighted by atomic mass is 9.78. The van der Waals surface area contributed by atoms with Gasteiger partial charge in [0.25, 0.3) is 0 Å². The fraction of sp³-hybridized carbons (Fsp3) is 0.162. The van der Waals surface area contributed by atoms with Gasteiger partial charge in [0.05, 0.1) is 11.4 Å². The molecular formula is C74H67BrN2. The third-order valence-electron chi connectivity index (χ3n) is 16.8. The van der Waals surface area contributed by atoms with Crippen LogP contribution in [0.4, 0.5) is 34.1 Å². The van der Waals surface area contributed by atoms with Crippen molar-refractivity contribution in [3.63, 3.8) is 0 Å². The molecule has 0 atom stereocenters. The summed E-state index contributed by atoms with van der Waals surface area (Å²) in [6.07, 6.45) is 0. The Bertz CT molecular complexity index is 3650. The van der Waals surface area contributed by atoms with E-state index in [0.717, 1.165) is 60.1 Å². The van der Waals surface area contributed by atoms with Gasteiger partial charge in [0, 0.05) is 70.4 Å². The monoisotopic (exact) mass is 1060 g/mol. The summed E-state index contributed by atoms with van der Waals surface area (Å²) in [4.78, 5) is 4.99. The van der Waals surface area contributed by atoms with Crippen molar-refractivity contribution >= 4 is 71.6 Å². The van der Waals surface area contributed by atoms with Crippen molar-refractivity contribution in [1.82, 2.24) is 0 Å². The Kier molecular flexibility index (Phi) is 13.6. The van der Waals surface area contributed by atoms with Crippen LogP contribution in [0.2, 0.25) is 0 Å². The highest BCUT2D eigenvalue weighted by Gasteiger charge is 2.31. The molecule has 0 aliphatic heterocycles. The van der Waals surface area contributed by atoms with Crippen molar-refractivity contribution in [2.75, 3.05) is 9.80 Å². The minimum atomic E-state index is -0.218. The Hall–Kier alpha value is -7.98. The second-order valence-electron chi connectivity index (χ2n) is 22.8. The summed E-state index contributed by atoms with van der Waals surface area (Å²) in [6, 6.07) is 96.5. The normalized spacial score (nSPS) is 12.2. The highest BCUT2D eigenvalue weighted by Crippen LogP contribution is 2.52. The Morgan fingerprint density at radius 2 is 0.403 bits per heavy atom. The van der Waals surface area contributed by atoms with Crippen molar-refractivity contribution in [1.29, 1.82) is 0 Å². The van der Waals surface area contributed by atoms with Gasteiger partial charge in [-0.05, 0) is 105 Å². The van der Waals surface area contributed by atoms with E-state index in [0.29, 0.717) is 0 Å². The molecule has 3 heteroatoms. The van der Waals surface area contributed by atoms with Crippen molar-refractivity contribution in [3.05, 3.63) is 310 Å². The summed E-state index contributed by atoms with van der Waals surface area (Å²) in [5, 5.41) is 4.62. The van der Waals surface area contributed by atoms with E-state index in [1.807, 2.05) is 0 Å². The van der Waals surface area contributed by atoms with Gasteiger partial charge in [-0.25, -0.2) is 0 Å². The van der Waals surface area contributed by atoms with Crippen LogP contribution >= 0.6 is 15.9 Å². The van der Waals surface area contributed by atoms with Crippen LogP contribution in [0, 0.1) is 0 Å². The molecule has 2 nitrogen and oxygen atoms in total. The van der Waals surface area contributed by atoms with Gasteiger partial charge in [-0.15, -0.1) is 0 Å². The van der Waals surface area contributed by atoms with Crippen molar-refractivity contribution in [3.8, 4) is 0 Å². The van der Waals surface area contributed by atoms with Gasteiger partial charge in [-0.1, -0.05) is 272 Å². The molecule has 0 N–H and O–H groups in total. The molecule has 11 aromatic carbocycles. The largest absolute Gasteiger partial charge is 0.309 e. The smallest absolute Gasteiger partial charge is 0.0619 e. The molecule has 0 aromatic heterocycles. The maximum Gasteiger partial charge on any atom is 0.0619 e. The first-order chi connectivity index (χ1) is 37.1. The lowest BCUT2D eigenvalue weighted by Gasteiger charge is -2.34. The van der Waals surface area contributed by atoms with E-state index in [9.17, 15) is 0 Å². The van der Waals surface area contributed by atoms with Gasteiger partial charge in [-0.2, -0.15) is 0 Å². The fourth-order valence-electron chi connectivity index (χ4n) is 11.6. The number of anilines is 6. The first-order valence-electron chi connectivity index (χ1n) is 27.0. The summed E-state index contributed by atoms with van der Waals surface area (Å²) < 4.78 is 1.08. The minimum absolute atomic E-state index is 0.192. The van der Waals surface area contributed by atoms with Gasteiger partial charge >= 0.3 is 0 Å². The third kappa shape index (κ3) is 9.57. The Morgan fingerprint density at radius 1 is 0.221 bits per heavy atom. The number of halogens is 1. The van der Waals surface area contributed by atoms with E-state index in [1.54, 1.807) is 0 Å². The molecule has 0 saturated carbocycles. The first kappa shape index (κ1) is 51.1. The molecule has 11 rings (SSSR count). The average Bonchev–Trinajstić information content (AvgIpc) is 3.52. The maximum atomic E-state index is 3.66. The average molecular weight is 1060 g/mol. The zero-order valence-corrected chi connectivity index (χ0v) is 47.2. The predicted octanol–water partition coefficient (Wildman–Crippen LogP) is 21.0. The van der Waals surface area contributed by atoms with Crippen LogP contribution in [-0.2, 0) is 21.7 Å². The zero-order chi connectivity index (χ0) is 53.5. The van der Waals surface area contributed by atoms with E-state index in [2.05, 4.69) is 342 Å². The second kappa shape index (κ2) is 20.5. The molecule has 0 fully saturated rings. The van der Waals surface area contributed by atoms with Gasteiger partial charge in [0.15, 0.2) is 0 Å². The van der Waals surface area contributed by atoms with E-state index in [-0.39, 0.29) is 21.7 Å². The molecule has 77 heavy (non-hydrogen) atoms. The minimum Gasteiger partial charge on any atom is -0.309 e. The number of hydrogen-bond acceptors (Lipinski definition) is 2. The first-order valence-corrected chi connectivity index (χ1v) is 27.8. The molecule has 0 radical (unpaired) electrons. The van der Waals surface area contributed by atoms with Gasteiger partial charge in [0.2, 0.25) is 0 Å². The standard InChI is InChI=1S/C74H67BrN2/c1-71(2,52-22-12-9-13-23-52)56-34-44-61(45-35-56)76(62-46-36-57(37-47-62)72(3,4)53-24-14-10-15-25-53)69-65-28-18-20-30-67(65)70(68-31-21-19-29-66(68)69)77(63-48-38-58(39-49-63)73(5,6)54-26-16-11-17-27-54)64-50-40-59(41-51-64)74(7,8)55-32-42-60(75)43-33-55/h9-51H,1-8H3. The zero-order valence-electron chi connectivity index (χ0n) is 45.6. The highest BCUT2D eigenvalue weighted by molar-refractivity contribution is 9.10. The Balaban J connectivity index is 1.12. The molecule has 380 valence electrons. The van der Waals surface area contributed by atoms with Crippen LogP contribution in [0.25, 0.3) is 21.5 Å². The summed E-state index contributed by atoms with van der Waals surface area (Å²) in [5.41, 5.74) is 16.0. The van der Waals surface area contributed by atoms with E-state index < -0.39 is 0 Å². The van der Waals surface area contributed by atoms with Crippen LogP contribution in [-0.4, -0.2) is 0 Å². The SMILES string of the molecule is CC(C)(c1ccccc1)c1ccc(N(c2ccc(C(C)(C)c3ccccc3)cc2)c2c3ccccc3c(N(c3ccc(C(C)(C)c4ccccc4)cc3)c3ccc(C(C)(C)c4ccc(Br)cc4)cc3)c3ccccc23)cc1. The lowest BCUT2D eigenvalue weighted by molar-refractivity contribution is 0.640. The topological polar surface area (TPSA) is 6.48 Å². The number of rotatable bonds is 14. The van der Waals surface area contributed by atoms with Crippen molar-refractivity contribution in [2.45, 2.75) is 77.0 Å². The number of hydrogen-bond donors (Lipinski definition) is 0. The van der Waals surface area contributed by atoms with Crippen LogP contribution in [0.1, 0.15) is 99.9 Å². The Labute approximate surface area is 465 Å². The van der Waals surface area contributed by atoms with Gasteiger partial charge in [0.1, 0.15) is 0 Å². The molecular weight excluding hydrogens is 997 g/mol. The van der Waals surface area contributed by atoms with Crippen molar-refractivity contribution in [2.24, 2.45) is 0 Å². The molecule has 0 spiro atoms. The summed E-state index contributed by atoms with van der Waals surface area (Å²) >= 11 is 3.66. The number of nitrogens with zero attached hydrogens (tertiary/aromatic N) is 2. The van der Waals surface area contributed by atoms with E-state index >= 15 is 0 Å². The van der Waals surface area contributed by atoms with E-state index in [1.165, 1.54) is 44.5 Å². The molecule has 11 aromatic rings. The summed E-state index contributed by atoms with van der Waals surface area (Å²) in [7, 11) is 0. The molecule has 0 aliphatic rings.